The minimum Gasteiger partial charge on any atom is -0.508 e. The first-order valence-corrected chi connectivity index (χ1v) is 13.9. The monoisotopic (exact) mass is 549 g/mol. The normalized spacial score (nSPS) is 15.5. The molecule has 0 amide bonds. The number of hydrogen-bond acceptors (Lipinski definition) is 2. The lowest BCUT2D eigenvalue weighted by Crippen LogP contribution is -2.26. The van der Waals surface area contributed by atoms with Crippen LogP contribution in [-0.4, -0.2) is 5.11 Å². The summed E-state index contributed by atoms with van der Waals surface area (Å²) in [4.78, 5) is 0. The average Bonchev–Trinajstić information content (AvgIpc) is 3.30. The summed E-state index contributed by atoms with van der Waals surface area (Å²) >= 11 is 6.84. The number of allylic oxidation sites excluding steroid dienone is 4. The molecule has 0 heterocycles. The van der Waals surface area contributed by atoms with Crippen molar-refractivity contribution < 1.29 is 5.11 Å². The van der Waals surface area contributed by atoms with E-state index in [1.54, 1.807) is 12.1 Å². The molecule has 0 aliphatic heterocycles. The molecule has 0 saturated carbocycles. The van der Waals surface area contributed by atoms with Gasteiger partial charge < -0.3 is 10.4 Å². The van der Waals surface area contributed by atoms with Gasteiger partial charge in [0.1, 0.15) is 5.75 Å². The SMILES string of the molecule is C#C/C=C\C=C/CC1(c2ccccc2O)c2ccccc2-c2c(Nc3c(Cl)cccc3-c3ccccc3)cccc21. The molecule has 0 spiro atoms. The molecule has 6 rings (SSSR count). The van der Waals surface area contributed by atoms with Crippen LogP contribution in [0.2, 0.25) is 5.02 Å². The number of halogens is 1. The molecule has 1 unspecified atom stereocenters. The smallest absolute Gasteiger partial charge is 0.120 e. The predicted octanol–water partition coefficient (Wildman–Crippen LogP) is 9.91. The number of fused-ring (bicyclic) bond motifs is 3. The van der Waals surface area contributed by atoms with Crippen molar-refractivity contribution in [3.63, 3.8) is 0 Å². The second-order valence-electron chi connectivity index (χ2n) is 10.0. The lowest BCUT2D eigenvalue weighted by molar-refractivity contribution is 0.454. The zero-order valence-electron chi connectivity index (χ0n) is 22.4. The minimum absolute atomic E-state index is 0.263. The number of terminal acetylenes is 1. The van der Waals surface area contributed by atoms with Gasteiger partial charge in [-0.05, 0) is 52.9 Å². The Morgan fingerprint density at radius 1 is 0.732 bits per heavy atom. The third kappa shape index (κ3) is 4.61. The highest BCUT2D eigenvalue weighted by Gasteiger charge is 2.46. The van der Waals surface area contributed by atoms with Crippen LogP contribution in [0, 0.1) is 12.3 Å². The highest BCUT2D eigenvalue weighted by molar-refractivity contribution is 6.34. The van der Waals surface area contributed by atoms with Crippen LogP contribution in [0.25, 0.3) is 22.3 Å². The fourth-order valence-corrected chi connectivity index (χ4v) is 6.28. The van der Waals surface area contributed by atoms with E-state index in [1.165, 1.54) is 0 Å². The second kappa shape index (κ2) is 11.3. The van der Waals surface area contributed by atoms with Crippen molar-refractivity contribution in [1.29, 1.82) is 0 Å². The lowest BCUT2D eigenvalue weighted by Gasteiger charge is -2.32. The van der Waals surface area contributed by atoms with Gasteiger partial charge in [0.15, 0.2) is 0 Å². The molecular formula is C38H28ClNO. The first-order valence-electron chi connectivity index (χ1n) is 13.6. The highest BCUT2D eigenvalue weighted by Crippen LogP contribution is 2.58. The number of nitrogens with one attached hydrogen (secondary N) is 1. The molecule has 0 fully saturated rings. The number of anilines is 2. The van der Waals surface area contributed by atoms with Gasteiger partial charge >= 0.3 is 0 Å². The maximum atomic E-state index is 11.2. The number of rotatable bonds is 7. The molecule has 5 aromatic carbocycles. The van der Waals surface area contributed by atoms with Gasteiger partial charge in [-0.2, -0.15) is 0 Å². The van der Waals surface area contributed by atoms with E-state index in [9.17, 15) is 5.11 Å². The first kappa shape index (κ1) is 26.3. The molecule has 5 aromatic rings. The molecule has 1 aliphatic carbocycles. The lowest BCUT2D eigenvalue weighted by atomic mass is 9.69. The largest absolute Gasteiger partial charge is 0.508 e. The standard InChI is InChI=1S/C38H28ClNO/c1-2-3-4-5-13-26-38(31-21-11-12-25-35(31)41)30-20-10-9-18-29(30)36-32(38)22-15-24-34(36)40-37-28(19-14-23-33(37)39)27-16-7-6-8-17-27/h1,3-25,40-41H,26H2/b4-3-,13-5-. The molecule has 3 heteroatoms. The van der Waals surface area contributed by atoms with Crippen LogP contribution >= 0.6 is 11.6 Å². The quantitative estimate of drug-likeness (QED) is 0.156. The Labute approximate surface area is 246 Å². The van der Waals surface area contributed by atoms with Gasteiger partial charge in [-0.1, -0.05) is 133 Å². The van der Waals surface area contributed by atoms with Gasteiger partial charge in [0.05, 0.1) is 16.1 Å². The van der Waals surface area contributed by atoms with Crippen LogP contribution in [0.1, 0.15) is 23.1 Å². The van der Waals surface area contributed by atoms with Crippen LogP contribution in [-0.2, 0) is 5.41 Å². The molecule has 41 heavy (non-hydrogen) atoms. The van der Waals surface area contributed by atoms with Gasteiger partial charge in [0, 0.05) is 22.4 Å². The summed E-state index contributed by atoms with van der Waals surface area (Å²) in [5.74, 6) is 2.80. The summed E-state index contributed by atoms with van der Waals surface area (Å²) in [5.41, 5.74) is 8.63. The summed E-state index contributed by atoms with van der Waals surface area (Å²) in [6.45, 7) is 0. The molecule has 0 saturated heterocycles. The van der Waals surface area contributed by atoms with E-state index < -0.39 is 5.41 Å². The van der Waals surface area contributed by atoms with Crippen molar-refractivity contribution in [2.45, 2.75) is 11.8 Å². The highest BCUT2D eigenvalue weighted by atomic mass is 35.5. The first-order chi connectivity index (χ1) is 20.1. The summed E-state index contributed by atoms with van der Waals surface area (Å²) in [7, 11) is 0. The number of phenols is 1. The third-order valence-electron chi connectivity index (χ3n) is 7.77. The van der Waals surface area contributed by atoms with Crippen LogP contribution in [0.5, 0.6) is 5.75 Å². The Morgan fingerprint density at radius 2 is 1.41 bits per heavy atom. The Bertz CT molecular complexity index is 1830. The molecule has 2 N–H and O–H groups in total. The van der Waals surface area contributed by atoms with Crippen LogP contribution < -0.4 is 5.32 Å². The van der Waals surface area contributed by atoms with Gasteiger partial charge in [-0.25, -0.2) is 0 Å². The van der Waals surface area contributed by atoms with E-state index in [-0.39, 0.29) is 5.75 Å². The number of hydrogen-bond donors (Lipinski definition) is 2. The number of aromatic hydroxyl groups is 1. The summed E-state index contributed by atoms with van der Waals surface area (Å²) in [6, 6.07) is 38.7. The van der Waals surface area contributed by atoms with E-state index >= 15 is 0 Å². The molecule has 0 bridgehead atoms. The maximum Gasteiger partial charge on any atom is 0.120 e. The molecule has 0 aromatic heterocycles. The Morgan fingerprint density at radius 3 is 2.22 bits per heavy atom. The summed E-state index contributed by atoms with van der Waals surface area (Å²) < 4.78 is 0. The van der Waals surface area contributed by atoms with E-state index in [2.05, 4.69) is 78.0 Å². The predicted molar refractivity (Wildman–Crippen MR) is 172 cm³/mol. The van der Waals surface area contributed by atoms with Crippen molar-refractivity contribution >= 4 is 23.0 Å². The van der Waals surface area contributed by atoms with Gasteiger partial charge in [-0.15, -0.1) is 6.42 Å². The van der Waals surface area contributed by atoms with Crippen LogP contribution in [0.3, 0.4) is 0 Å². The van der Waals surface area contributed by atoms with Crippen LogP contribution in [0.15, 0.2) is 140 Å². The van der Waals surface area contributed by atoms with Gasteiger partial charge in [-0.3, -0.25) is 0 Å². The van der Waals surface area contributed by atoms with Gasteiger partial charge in [0.25, 0.3) is 0 Å². The van der Waals surface area contributed by atoms with E-state index in [4.69, 9.17) is 18.0 Å². The molecule has 1 atom stereocenters. The van der Waals surface area contributed by atoms with E-state index in [0.29, 0.717) is 11.4 Å². The molecule has 2 nitrogen and oxygen atoms in total. The molecule has 198 valence electrons. The Hall–Kier alpha value is -4.97. The third-order valence-corrected chi connectivity index (χ3v) is 8.08. The summed E-state index contributed by atoms with van der Waals surface area (Å²) in [5, 5.41) is 15.6. The Balaban J connectivity index is 1.58. The van der Waals surface area contributed by atoms with E-state index in [0.717, 1.165) is 50.3 Å². The zero-order valence-corrected chi connectivity index (χ0v) is 23.1. The molecule has 1 aliphatic rings. The zero-order chi connectivity index (χ0) is 28.2. The summed E-state index contributed by atoms with van der Waals surface area (Å²) in [6.07, 6.45) is 13.7. The maximum absolute atomic E-state index is 11.2. The average molecular weight is 550 g/mol. The van der Waals surface area contributed by atoms with Crippen molar-refractivity contribution in [1.82, 2.24) is 0 Å². The number of benzene rings is 5. The fourth-order valence-electron chi connectivity index (χ4n) is 6.05. The number of phenolic OH excluding ortho intramolecular Hbond substituents is 1. The molecule has 0 radical (unpaired) electrons. The van der Waals surface area contributed by atoms with Gasteiger partial charge in [0.2, 0.25) is 0 Å². The topological polar surface area (TPSA) is 32.3 Å². The van der Waals surface area contributed by atoms with Crippen molar-refractivity contribution in [2.24, 2.45) is 0 Å². The fraction of sp³-hybridized carbons (Fsp3) is 0.0526. The number of para-hydroxylation sites is 2. The van der Waals surface area contributed by atoms with Crippen molar-refractivity contribution in [3.05, 3.63) is 161 Å². The van der Waals surface area contributed by atoms with Crippen LogP contribution in [0.4, 0.5) is 11.4 Å². The van der Waals surface area contributed by atoms with Crippen molar-refractivity contribution in [3.8, 4) is 40.3 Å². The Kier molecular flexibility index (Phi) is 7.21. The minimum atomic E-state index is -0.613. The second-order valence-corrected chi connectivity index (χ2v) is 10.4. The van der Waals surface area contributed by atoms with Crippen molar-refractivity contribution in [2.75, 3.05) is 5.32 Å². The molecular weight excluding hydrogens is 522 g/mol. The van der Waals surface area contributed by atoms with E-state index in [1.807, 2.05) is 60.7 Å².